The number of non-ortho nitro benzene ring substituents is 1. The van der Waals surface area contributed by atoms with Crippen molar-refractivity contribution in [1.82, 2.24) is 5.32 Å². The fourth-order valence-corrected chi connectivity index (χ4v) is 2.58. The zero-order valence-electron chi connectivity index (χ0n) is 12.5. The molecule has 2 N–H and O–H groups in total. The van der Waals surface area contributed by atoms with Gasteiger partial charge in [-0.15, -0.1) is 11.8 Å². The third-order valence-electron chi connectivity index (χ3n) is 3.14. The Morgan fingerprint density at radius 2 is 1.96 bits per heavy atom. The monoisotopic (exact) mass is 332 g/mol. The van der Waals surface area contributed by atoms with Crippen molar-refractivity contribution in [1.29, 1.82) is 0 Å². The molecule has 1 amide bonds. The molecule has 2 aromatic carbocycles. The highest BCUT2D eigenvalue weighted by atomic mass is 32.2. The number of aromatic hydroxyl groups is 1. The predicted molar refractivity (Wildman–Crippen MR) is 88.5 cm³/mol. The van der Waals surface area contributed by atoms with Gasteiger partial charge in [0.15, 0.2) is 0 Å². The zero-order chi connectivity index (χ0) is 16.8. The van der Waals surface area contributed by atoms with E-state index in [2.05, 4.69) is 5.32 Å². The molecule has 0 saturated carbocycles. The van der Waals surface area contributed by atoms with Crippen LogP contribution in [0.25, 0.3) is 0 Å². The van der Waals surface area contributed by atoms with Crippen LogP contribution >= 0.6 is 11.8 Å². The first-order chi connectivity index (χ1) is 11.0. The number of rotatable bonds is 6. The molecule has 23 heavy (non-hydrogen) atoms. The van der Waals surface area contributed by atoms with Crippen molar-refractivity contribution in [2.45, 2.75) is 18.4 Å². The Balaban J connectivity index is 1.88. The summed E-state index contributed by atoms with van der Waals surface area (Å²) in [6.07, 6.45) is 0. The first-order valence-corrected chi connectivity index (χ1v) is 7.86. The number of thioether (sulfide) groups is 1. The molecule has 0 unspecified atom stereocenters. The molecule has 2 rings (SSSR count). The van der Waals surface area contributed by atoms with Gasteiger partial charge in [-0.25, -0.2) is 0 Å². The summed E-state index contributed by atoms with van der Waals surface area (Å²) in [6, 6.07) is 11.6. The molecule has 0 spiro atoms. The maximum absolute atomic E-state index is 11.8. The molecule has 0 aromatic heterocycles. The van der Waals surface area contributed by atoms with E-state index in [-0.39, 0.29) is 29.6 Å². The van der Waals surface area contributed by atoms with Gasteiger partial charge in [0.25, 0.3) is 5.69 Å². The van der Waals surface area contributed by atoms with Crippen LogP contribution in [0.3, 0.4) is 0 Å². The number of benzene rings is 2. The molecular formula is C16H16N2O4S. The summed E-state index contributed by atoms with van der Waals surface area (Å²) in [6.45, 7) is 2.04. The molecule has 7 heteroatoms. The van der Waals surface area contributed by atoms with E-state index < -0.39 is 4.92 Å². The van der Waals surface area contributed by atoms with Crippen molar-refractivity contribution in [3.8, 4) is 5.75 Å². The number of carbonyl (C=O) groups is 1. The smallest absolute Gasteiger partial charge is 0.270 e. The van der Waals surface area contributed by atoms with Crippen molar-refractivity contribution < 1.29 is 14.8 Å². The van der Waals surface area contributed by atoms with Crippen molar-refractivity contribution in [2.75, 3.05) is 5.75 Å². The first kappa shape index (κ1) is 16.8. The second-order valence-corrected chi connectivity index (χ2v) is 6.00. The van der Waals surface area contributed by atoms with Crippen LogP contribution in [0.4, 0.5) is 5.69 Å². The lowest BCUT2D eigenvalue weighted by Crippen LogP contribution is -2.24. The summed E-state index contributed by atoms with van der Waals surface area (Å²) in [5.41, 5.74) is 1.34. The lowest BCUT2D eigenvalue weighted by atomic mass is 10.2. The molecule has 0 bridgehead atoms. The average molecular weight is 332 g/mol. The van der Waals surface area contributed by atoms with Crippen molar-refractivity contribution >= 4 is 23.4 Å². The molecule has 0 aliphatic heterocycles. The largest absolute Gasteiger partial charge is 0.508 e. The summed E-state index contributed by atoms with van der Waals surface area (Å²) >= 11 is 1.40. The van der Waals surface area contributed by atoms with Crippen LogP contribution in [0.2, 0.25) is 0 Å². The van der Waals surface area contributed by atoms with Gasteiger partial charge in [0, 0.05) is 29.1 Å². The Hall–Kier alpha value is -2.54. The molecule has 0 heterocycles. The van der Waals surface area contributed by atoms with Crippen molar-refractivity contribution in [3.05, 3.63) is 63.7 Å². The number of amides is 1. The van der Waals surface area contributed by atoms with Gasteiger partial charge in [-0.05, 0) is 25.1 Å². The van der Waals surface area contributed by atoms with Crippen molar-refractivity contribution in [3.63, 3.8) is 0 Å². The Labute approximate surface area is 137 Å². The lowest BCUT2D eigenvalue weighted by molar-refractivity contribution is -0.384. The minimum absolute atomic E-state index is 0.0425. The molecule has 0 atom stereocenters. The Bertz CT molecular complexity index is 717. The highest BCUT2D eigenvalue weighted by molar-refractivity contribution is 8.00. The number of hydrogen-bond donors (Lipinski definition) is 2. The van der Waals surface area contributed by atoms with E-state index in [4.69, 9.17) is 0 Å². The van der Waals surface area contributed by atoms with Gasteiger partial charge in [0.05, 0.1) is 10.7 Å². The van der Waals surface area contributed by atoms with Crippen LogP contribution in [0.5, 0.6) is 5.75 Å². The van der Waals surface area contributed by atoms with Crippen LogP contribution in [-0.4, -0.2) is 21.7 Å². The van der Waals surface area contributed by atoms with E-state index in [1.807, 2.05) is 31.2 Å². The zero-order valence-corrected chi connectivity index (χ0v) is 13.3. The number of nitrogens with one attached hydrogen (secondary N) is 1. The van der Waals surface area contributed by atoms with Crippen LogP contribution in [0, 0.1) is 17.0 Å². The number of aryl methyl sites for hydroxylation is 1. The summed E-state index contributed by atoms with van der Waals surface area (Å²) in [4.78, 5) is 23.0. The van der Waals surface area contributed by atoms with Gasteiger partial charge in [-0.1, -0.05) is 17.7 Å². The lowest BCUT2D eigenvalue weighted by Gasteiger charge is -2.07. The summed E-state index contributed by atoms with van der Waals surface area (Å²) in [5.74, 6) is -0.0535. The minimum Gasteiger partial charge on any atom is -0.508 e. The number of hydrogen-bond acceptors (Lipinski definition) is 5. The Kier molecular flexibility index (Phi) is 5.59. The Morgan fingerprint density at radius 3 is 2.61 bits per heavy atom. The number of nitro benzene ring substituents is 1. The van der Waals surface area contributed by atoms with E-state index >= 15 is 0 Å². The summed E-state index contributed by atoms with van der Waals surface area (Å²) in [7, 11) is 0. The molecule has 0 fully saturated rings. The standard InChI is InChI=1S/C16H16N2O4S/c1-11-2-5-14(6-3-11)23-10-16(20)17-9-12-8-13(18(21)22)4-7-15(12)19/h2-8,19H,9-10H2,1H3,(H,17,20). The van der Waals surface area contributed by atoms with E-state index in [1.54, 1.807) is 0 Å². The molecule has 6 nitrogen and oxygen atoms in total. The second kappa shape index (κ2) is 7.64. The molecule has 0 saturated heterocycles. The van der Waals surface area contributed by atoms with Gasteiger partial charge in [0.1, 0.15) is 5.75 Å². The van der Waals surface area contributed by atoms with Crippen LogP contribution in [0.15, 0.2) is 47.4 Å². The van der Waals surface area contributed by atoms with Gasteiger partial charge in [0.2, 0.25) is 5.91 Å². The number of carbonyl (C=O) groups excluding carboxylic acids is 1. The molecular weight excluding hydrogens is 316 g/mol. The summed E-state index contributed by atoms with van der Waals surface area (Å²) < 4.78 is 0. The maximum Gasteiger partial charge on any atom is 0.270 e. The number of phenolic OH excluding ortho intramolecular Hbond substituents is 1. The fraction of sp³-hybridized carbons (Fsp3) is 0.188. The van der Waals surface area contributed by atoms with Gasteiger partial charge in [-0.2, -0.15) is 0 Å². The van der Waals surface area contributed by atoms with E-state index in [0.29, 0.717) is 5.56 Å². The number of nitrogens with zero attached hydrogens (tertiary/aromatic N) is 1. The van der Waals surface area contributed by atoms with Gasteiger partial charge < -0.3 is 10.4 Å². The maximum atomic E-state index is 11.8. The predicted octanol–water partition coefficient (Wildman–Crippen LogP) is 3.02. The second-order valence-electron chi connectivity index (χ2n) is 4.95. The number of phenols is 1. The highest BCUT2D eigenvalue weighted by Gasteiger charge is 2.11. The summed E-state index contributed by atoms with van der Waals surface area (Å²) in [5, 5.41) is 23.0. The first-order valence-electron chi connectivity index (χ1n) is 6.88. The topological polar surface area (TPSA) is 92.5 Å². The fourth-order valence-electron chi connectivity index (χ4n) is 1.86. The third-order valence-corrected chi connectivity index (χ3v) is 4.15. The molecule has 2 aromatic rings. The van der Waals surface area contributed by atoms with E-state index in [1.165, 1.54) is 30.0 Å². The average Bonchev–Trinajstić information content (AvgIpc) is 2.53. The number of nitro groups is 1. The third kappa shape index (κ3) is 5.00. The molecule has 0 radical (unpaired) electrons. The van der Waals surface area contributed by atoms with E-state index in [0.717, 1.165) is 10.5 Å². The van der Waals surface area contributed by atoms with Gasteiger partial charge in [-0.3, -0.25) is 14.9 Å². The molecule has 0 aliphatic carbocycles. The SMILES string of the molecule is Cc1ccc(SCC(=O)NCc2cc([N+](=O)[O-])ccc2O)cc1. The van der Waals surface area contributed by atoms with Gasteiger partial charge >= 0.3 is 0 Å². The molecule has 0 aliphatic rings. The van der Waals surface area contributed by atoms with Crippen LogP contribution in [-0.2, 0) is 11.3 Å². The van der Waals surface area contributed by atoms with E-state index in [9.17, 15) is 20.0 Å². The molecule has 120 valence electrons. The van der Waals surface area contributed by atoms with Crippen molar-refractivity contribution in [2.24, 2.45) is 0 Å². The van der Waals surface area contributed by atoms with Crippen LogP contribution < -0.4 is 5.32 Å². The Morgan fingerprint density at radius 1 is 1.26 bits per heavy atom. The quantitative estimate of drug-likeness (QED) is 0.482. The minimum atomic E-state index is -0.544. The highest BCUT2D eigenvalue weighted by Crippen LogP contribution is 2.23. The normalized spacial score (nSPS) is 10.3. The van der Waals surface area contributed by atoms with Crippen LogP contribution in [0.1, 0.15) is 11.1 Å².